The molecule has 0 aliphatic carbocycles. The zero-order chi connectivity index (χ0) is 14.1. The van der Waals surface area contributed by atoms with Crippen LogP contribution in [0.25, 0.3) is 0 Å². The molecule has 1 aromatic rings. The van der Waals surface area contributed by atoms with Crippen molar-refractivity contribution in [1.29, 1.82) is 0 Å². The molecule has 0 bridgehead atoms. The summed E-state index contributed by atoms with van der Waals surface area (Å²) in [6.45, 7) is 2.25. The standard InChI is InChI=1S/C16H25O2.Li/c1-4-5-6-7-8-9-10-14-11-15(17-2)13-16(12-14)18-3;/h11-12H,4-10H2,1-3H3;. The zero-order valence-corrected chi connectivity index (χ0v) is 12.9. The Hall–Kier alpha value is -0.583. The normalized spacial score (nSPS) is 10.6. The van der Waals surface area contributed by atoms with Crippen LogP contribution >= 0.6 is 0 Å². The van der Waals surface area contributed by atoms with Crippen LogP contribution in [-0.2, 0) is 6.42 Å². The second-order valence-corrected chi connectivity index (χ2v) is 5.14. The third-order valence-electron chi connectivity index (χ3n) is 3.63. The molecule has 0 aliphatic rings. The first kappa shape index (κ1) is 16.5. The molecule has 3 heteroatoms. The zero-order valence-electron chi connectivity index (χ0n) is 12.9. The molecule has 102 valence electrons. The molecule has 0 fully saturated rings. The van der Waals surface area contributed by atoms with Crippen molar-refractivity contribution in [3.8, 4) is 11.5 Å². The van der Waals surface area contributed by atoms with E-state index in [4.69, 9.17) is 9.47 Å². The third-order valence-corrected chi connectivity index (χ3v) is 3.63. The Morgan fingerprint density at radius 2 is 1.42 bits per heavy atom. The Balaban J connectivity index is 2.49. The average Bonchev–Trinajstić information content (AvgIpc) is 2.44. The summed E-state index contributed by atoms with van der Waals surface area (Å²) < 4.78 is 11.9. The van der Waals surface area contributed by atoms with Crippen molar-refractivity contribution < 1.29 is 9.47 Å². The molecule has 0 radical (unpaired) electrons. The van der Waals surface area contributed by atoms with Gasteiger partial charge in [0.05, 0.1) is 0 Å². The van der Waals surface area contributed by atoms with Crippen molar-refractivity contribution in [3.63, 3.8) is 0 Å². The molecule has 1 rings (SSSR count). The van der Waals surface area contributed by atoms with Crippen LogP contribution in [0, 0.1) is 0 Å². The molecule has 0 amide bonds. The molecular formula is C16H25LiO2. The van der Waals surface area contributed by atoms with Crippen molar-refractivity contribution in [3.05, 3.63) is 17.7 Å². The van der Waals surface area contributed by atoms with Crippen LogP contribution in [0.15, 0.2) is 12.1 Å². The molecule has 2 nitrogen and oxygen atoms in total. The van der Waals surface area contributed by atoms with E-state index in [1.165, 1.54) is 44.1 Å². The van der Waals surface area contributed by atoms with Crippen molar-refractivity contribution in [2.24, 2.45) is 0 Å². The molecule has 0 heterocycles. The van der Waals surface area contributed by atoms with Crippen LogP contribution in [0.2, 0.25) is 0 Å². The van der Waals surface area contributed by atoms with E-state index >= 15 is 0 Å². The van der Waals surface area contributed by atoms with Gasteiger partial charge in [0.2, 0.25) is 0 Å². The predicted octanol–water partition coefficient (Wildman–Crippen LogP) is 3.40. The van der Waals surface area contributed by atoms with E-state index in [2.05, 4.69) is 19.1 Å². The number of hydrogen-bond acceptors (Lipinski definition) is 2. The summed E-state index contributed by atoms with van der Waals surface area (Å²) in [6.07, 6.45) is 9.08. The quantitative estimate of drug-likeness (QED) is 0.498. The Morgan fingerprint density at radius 3 is 1.95 bits per heavy atom. The maximum absolute atomic E-state index is 5.41. The van der Waals surface area contributed by atoms with Crippen molar-refractivity contribution in [1.82, 2.24) is 0 Å². The van der Waals surface area contributed by atoms with Gasteiger partial charge in [-0.3, -0.25) is 0 Å². The van der Waals surface area contributed by atoms with Gasteiger partial charge in [-0.25, -0.2) is 0 Å². The Kier molecular flexibility index (Phi) is 8.10. The Labute approximate surface area is 127 Å². The van der Waals surface area contributed by atoms with E-state index in [1.807, 2.05) is 17.7 Å². The summed E-state index contributed by atoms with van der Waals surface area (Å²) >= 11 is 2.03. The van der Waals surface area contributed by atoms with Crippen LogP contribution in [-0.4, -0.2) is 31.9 Å². The maximum atomic E-state index is 5.41. The minimum absolute atomic E-state index is 0.931. The van der Waals surface area contributed by atoms with E-state index < -0.39 is 0 Å². The van der Waals surface area contributed by atoms with Crippen LogP contribution in [0.3, 0.4) is 0 Å². The van der Waals surface area contributed by atoms with Gasteiger partial charge in [-0.1, -0.05) is 0 Å². The Bertz CT molecular complexity index is 352. The van der Waals surface area contributed by atoms with Crippen molar-refractivity contribution in [2.75, 3.05) is 14.2 Å². The number of ether oxygens (including phenoxy) is 2. The number of rotatable bonds is 9. The number of unbranched alkanes of at least 4 members (excludes halogenated alkanes) is 5. The van der Waals surface area contributed by atoms with Gasteiger partial charge in [0, 0.05) is 0 Å². The van der Waals surface area contributed by atoms with E-state index in [0.29, 0.717) is 0 Å². The molecule has 0 saturated heterocycles. The third kappa shape index (κ3) is 5.51. The van der Waals surface area contributed by atoms with E-state index in [0.717, 1.165) is 22.2 Å². The molecule has 0 unspecified atom stereocenters. The second kappa shape index (κ2) is 9.34. The first-order valence-corrected chi connectivity index (χ1v) is 7.44. The van der Waals surface area contributed by atoms with Crippen LogP contribution in [0.5, 0.6) is 11.5 Å². The number of hydrogen-bond donors (Lipinski definition) is 0. The van der Waals surface area contributed by atoms with Gasteiger partial charge in [-0.15, -0.1) is 0 Å². The summed E-state index contributed by atoms with van der Waals surface area (Å²) in [5, 5.41) is 0. The van der Waals surface area contributed by atoms with E-state index in [-0.39, 0.29) is 0 Å². The van der Waals surface area contributed by atoms with Crippen molar-refractivity contribution in [2.45, 2.75) is 51.9 Å². The number of benzene rings is 1. The molecule has 19 heavy (non-hydrogen) atoms. The molecule has 0 spiro atoms. The fourth-order valence-electron chi connectivity index (χ4n) is 2.39. The first-order chi connectivity index (χ1) is 9.22. The van der Waals surface area contributed by atoms with Crippen LogP contribution in [0.1, 0.15) is 51.0 Å². The van der Waals surface area contributed by atoms with Gasteiger partial charge in [-0.2, -0.15) is 0 Å². The summed E-state index contributed by atoms with van der Waals surface area (Å²) in [6, 6.07) is 4.29. The van der Waals surface area contributed by atoms with Gasteiger partial charge in [0.1, 0.15) is 0 Å². The van der Waals surface area contributed by atoms with Crippen LogP contribution < -0.4 is 13.7 Å². The fraction of sp³-hybridized carbons (Fsp3) is 0.625. The number of aryl methyl sites for hydroxylation is 1. The van der Waals surface area contributed by atoms with Gasteiger partial charge in [0.15, 0.2) is 0 Å². The SMILES string of the molecule is [Li][c]1c(OC)cc(CCCCCCCC)cc1OC. The summed E-state index contributed by atoms with van der Waals surface area (Å²) in [5.74, 6) is 1.86. The Morgan fingerprint density at radius 1 is 0.895 bits per heavy atom. The fourth-order valence-corrected chi connectivity index (χ4v) is 2.39. The van der Waals surface area contributed by atoms with Gasteiger partial charge < -0.3 is 0 Å². The summed E-state index contributed by atoms with van der Waals surface area (Å²) in [4.78, 5) is 0. The monoisotopic (exact) mass is 256 g/mol. The minimum atomic E-state index is 0.931. The predicted molar refractivity (Wildman–Crippen MR) is 82.0 cm³/mol. The molecule has 0 saturated carbocycles. The molecule has 0 atom stereocenters. The van der Waals surface area contributed by atoms with Gasteiger partial charge in [0.25, 0.3) is 0 Å². The molecule has 0 aromatic heterocycles. The second-order valence-electron chi connectivity index (χ2n) is 5.14. The topological polar surface area (TPSA) is 18.5 Å². The molecular weight excluding hydrogens is 231 g/mol. The molecule has 1 aromatic carbocycles. The first-order valence-electron chi connectivity index (χ1n) is 7.44. The van der Waals surface area contributed by atoms with E-state index in [1.54, 1.807) is 14.2 Å². The summed E-state index contributed by atoms with van der Waals surface area (Å²) in [7, 11) is 3.44. The van der Waals surface area contributed by atoms with E-state index in [9.17, 15) is 0 Å². The number of methoxy groups -OCH3 is 2. The molecule has 0 aliphatic heterocycles. The average molecular weight is 256 g/mol. The van der Waals surface area contributed by atoms with Gasteiger partial charge >= 0.3 is 127 Å². The van der Waals surface area contributed by atoms with Crippen molar-refractivity contribution >= 4 is 22.0 Å². The summed E-state index contributed by atoms with van der Waals surface area (Å²) in [5.41, 5.74) is 1.31. The van der Waals surface area contributed by atoms with Crippen LogP contribution in [0.4, 0.5) is 0 Å². The van der Waals surface area contributed by atoms with Gasteiger partial charge in [-0.05, 0) is 0 Å². The molecule has 0 N–H and O–H groups in total.